The molecule has 0 heterocycles. The summed E-state index contributed by atoms with van der Waals surface area (Å²) < 4.78 is 0. The van der Waals surface area contributed by atoms with E-state index in [0.717, 1.165) is 22.4 Å². The Morgan fingerprint density at radius 3 is 0.926 bits per heavy atom. The average Bonchev–Trinajstić information content (AvgIpc) is 3.78. The van der Waals surface area contributed by atoms with Crippen molar-refractivity contribution in [2.24, 2.45) is 11.8 Å². The van der Waals surface area contributed by atoms with Gasteiger partial charge in [-0.2, -0.15) is 12.1 Å². The molecule has 0 unspecified atom stereocenters. The second-order valence-electron chi connectivity index (χ2n) is 26.6. The Kier molecular flexibility index (Phi) is 21.6. The van der Waals surface area contributed by atoms with Gasteiger partial charge in [-0.25, -0.2) is 0 Å². The minimum atomic E-state index is -1.43. The third-order valence-corrected chi connectivity index (χ3v) is 20.8. The summed E-state index contributed by atoms with van der Waals surface area (Å²) in [6, 6.07) is 34.6. The molecule has 0 spiro atoms. The van der Waals surface area contributed by atoms with Crippen LogP contribution in [0.25, 0.3) is 43.8 Å². The summed E-state index contributed by atoms with van der Waals surface area (Å²) in [7, 11) is 5.22. The molecule has 0 aromatic heterocycles. The monoisotopic (exact) mass is 1110 g/mol. The summed E-state index contributed by atoms with van der Waals surface area (Å²) in [4.78, 5) is 0. The van der Waals surface area contributed by atoms with Crippen molar-refractivity contribution in [3.05, 3.63) is 107 Å². The van der Waals surface area contributed by atoms with Crippen molar-refractivity contribution in [2.75, 3.05) is 0 Å². The van der Waals surface area contributed by atoms with Gasteiger partial charge in [-0.3, -0.25) is 0 Å². The molecule has 2 radical (unpaired) electrons. The van der Waals surface area contributed by atoms with Crippen LogP contribution in [-0.4, -0.2) is 41.8 Å². The molecule has 0 aliphatic rings. The summed E-state index contributed by atoms with van der Waals surface area (Å²) in [5.74, 6) is 1.35. The van der Waals surface area contributed by atoms with Gasteiger partial charge in [0.1, 0.15) is 0 Å². The SMILES string of the molecule is CC(C)Cc1cc2c(-c3cc([Si](C)(C)C)cc([Si](C)(C)C)c3)c(C(C)(C)C)ccc2[cH-]1.CC(C)Cc1cc2c(-c3cc([Si](C)(C)C)cc([Si](C)(C)C)c3)c(C(C)(C)C)ccc2[cH-]1.C[Si]C.[Cl][Zr+2][Cl]. The van der Waals surface area contributed by atoms with Gasteiger partial charge in [0.25, 0.3) is 0 Å². The molecule has 0 saturated carbocycles. The summed E-state index contributed by atoms with van der Waals surface area (Å²) in [5, 5.41) is 12.0. The Labute approximate surface area is 443 Å². The van der Waals surface area contributed by atoms with E-state index in [-0.39, 0.29) is 10.8 Å². The van der Waals surface area contributed by atoms with Crippen LogP contribution in [0.2, 0.25) is 91.7 Å². The molecule has 0 saturated heterocycles. The molecule has 6 rings (SSSR count). The second kappa shape index (κ2) is 24.1. The molecule has 8 heteroatoms. The zero-order chi connectivity index (χ0) is 52.1. The molecule has 0 N–H and O–H groups in total. The van der Waals surface area contributed by atoms with Crippen LogP contribution in [0, 0.1) is 11.8 Å². The van der Waals surface area contributed by atoms with Crippen molar-refractivity contribution < 1.29 is 20.8 Å². The molecule has 370 valence electrons. The molecule has 0 nitrogen and oxygen atoms in total. The van der Waals surface area contributed by atoms with Crippen LogP contribution >= 0.6 is 17.0 Å². The van der Waals surface area contributed by atoms with Gasteiger partial charge in [0.2, 0.25) is 0 Å². The van der Waals surface area contributed by atoms with Crippen LogP contribution in [0.4, 0.5) is 0 Å². The van der Waals surface area contributed by atoms with Gasteiger partial charge in [0.05, 0.1) is 32.3 Å². The summed E-state index contributed by atoms with van der Waals surface area (Å²) >= 11 is -0.826. The van der Waals surface area contributed by atoms with E-state index < -0.39 is 53.1 Å². The molecule has 0 bridgehead atoms. The number of halogens is 2. The van der Waals surface area contributed by atoms with Gasteiger partial charge < -0.3 is 0 Å². The average molecular weight is 1120 g/mol. The molecule has 6 aromatic carbocycles. The number of hydrogen-bond acceptors (Lipinski definition) is 0. The van der Waals surface area contributed by atoms with Crippen LogP contribution < -0.4 is 20.7 Å². The molecule has 0 aliphatic carbocycles. The quantitative estimate of drug-likeness (QED) is 0.0947. The number of hydrogen-bond donors (Lipinski definition) is 0. The molecule has 0 atom stereocenters. The first-order valence-corrected chi connectivity index (χ1v) is 47.6. The summed E-state index contributed by atoms with van der Waals surface area (Å²) in [6.45, 7) is 57.5. The Bertz CT molecular complexity index is 2320. The van der Waals surface area contributed by atoms with Gasteiger partial charge >= 0.3 is 37.9 Å². The molecule has 0 fully saturated rings. The fraction of sp³-hybridized carbons (Fsp3) is 0.500. The molecule has 0 amide bonds. The van der Waals surface area contributed by atoms with Gasteiger partial charge in [0, 0.05) is 9.52 Å². The van der Waals surface area contributed by atoms with Crippen LogP contribution in [0.5, 0.6) is 0 Å². The van der Waals surface area contributed by atoms with Gasteiger partial charge in [-0.15, -0.1) is 69.1 Å². The number of rotatable bonds is 10. The van der Waals surface area contributed by atoms with Crippen LogP contribution in [0.15, 0.2) is 84.9 Å². The van der Waals surface area contributed by atoms with Crippen molar-refractivity contribution >= 4 is 101 Å². The predicted molar refractivity (Wildman–Crippen MR) is 326 cm³/mol. The van der Waals surface area contributed by atoms with Crippen molar-refractivity contribution in [1.82, 2.24) is 0 Å². The van der Waals surface area contributed by atoms with Gasteiger partial charge in [0.15, 0.2) is 0 Å². The molecular weight excluding hydrogens is 1020 g/mol. The molecular formula is C60H92Cl2Si5Zr. The van der Waals surface area contributed by atoms with Crippen LogP contribution in [0.1, 0.15) is 91.5 Å². The maximum absolute atomic E-state index is 4.93. The first-order chi connectivity index (χ1) is 31.0. The van der Waals surface area contributed by atoms with Crippen molar-refractivity contribution in [2.45, 2.75) is 185 Å². The standard InChI is InChI=1S/2C29H43Si2.C2H6Si.2ClH.Zr/c2*1-20(2)14-21-15-22-12-13-27(29(3,4)5)28(26(22)16-21)23-17-24(30(6,7)8)19-25(18-23)31(9,10)11;1-3-2;;;/h2*12-13,15-20H,14H2,1-11H3;1-2H3;2*1H;/q2*-1;;;;+4/p-2. The Morgan fingerprint density at radius 1 is 0.471 bits per heavy atom. The summed E-state index contributed by atoms with van der Waals surface area (Å²) in [6.07, 6.45) is 2.29. The number of fused-ring (bicyclic) bond motifs is 2. The Balaban J connectivity index is 0.000000323. The van der Waals surface area contributed by atoms with Crippen molar-refractivity contribution in [3.8, 4) is 22.3 Å². The van der Waals surface area contributed by atoms with E-state index in [1.165, 1.54) is 66.1 Å². The van der Waals surface area contributed by atoms with Crippen molar-refractivity contribution in [1.29, 1.82) is 0 Å². The van der Waals surface area contributed by atoms with Crippen LogP contribution in [0.3, 0.4) is 0 Å². The fourth-order valence-electron chi connectivity index (χ4n) is 9.01. The predicted octanol–water partition coefficient (Wildman–Crippen LogP) is 17.8. The minimum absolute atomic E-state index is 0.105. The van der Waals surface area contributed by atoms with E-state index in [0.29, 0.717) is 11.8 Å². The van der Waals surface area contributed by atoms with Gasteiger partial charge in [-0.05, 0) is 46.6 Å². The van der Waals surface area contributed by atoms with Crippen molar-refractivity contribution in [3.63, 3.8) is 0 Å². The zero-order valence-corrected chi connectivity index (χ0v) is 56.4. The normalized spacial score (nSPS) is 12.6. The topological polar surface area (TPSA) is 0 Å². The van der Waals surface area contributed by atoms with E-state index in [9.17, 15) is 0 Å². The van der Waals surface area contributed by atoms with E-state index in [4.69, 9.17) is 17.0 Å². The molecule has 0 aliphatic heterocycles. The maximum atomic E-state index is 4.93. The van der Waals surface area contributed by atoms with Gasteiger partial charge in [-0.1, -0.05) is 240 Å². The third-order valence-electron chi connectivity index (χ3n) is 12.7. The Hall–Kier alpha value is -1.35. The molecule has 6 aromatic rings. The van der Waals surface area contributed by atoms with E-state index in [2.05, 4.69) is 246 Å². The number of benzene rings is 4. The van der Waals surface area contributed by atoms with E-state index >= 15 is 0 Å². The zero-order valence-electron chi connectivity index (χ0n) is 47.4. The first-order valence-electron chi connectivity index (χ1n) is 25.3. The second-order valence-corrected chi connectivity index (χ2v) is 51.6. The van der Waals surface area contributed by atoms with Crippen LogP contribution in [-0.2, 0) is 44.5 Å². The van der Waals surface area contributed by atoms with E-state index in [1.807, 2.05) is 0 Å². The molecule has 68 heavy (non-hydrogen) atoms. The fourth-order valence-corrected chi connectivity index (χ4v) is 14.0. The third kappa shape index (κ3) is 16.9. The Morgan fingerprint density at radius 2 is 0.721 bits per heavy atom. The summed E-state index contributed by atoms with van der Waals surface area (Å²) in [5.41, 5.74) is 11.9. The first kappa shape index (κ1) is 60.9. The van der Waals surface area contributed by atoms with E-state index in [1.54, 1.807) is 20.7 Å².